The molecule has 0 aromatic carbocycles. The highest BCUT2D eigenvalue weighted by Gasteiger charge is 2.22. The van der Waals surface area contributed by atoms with Gasteiger partial charge in [0, 0.05) is 25.2 Å². The number of amides is 2. The van der Waals surface area contributed by atoms with Crippen LogP contribution in [0.1, 0.15) is 12.6 Å². The van der Waals surface area contributed by atoms with Crippen molar-refractivity contribution in [1.29, 1.82) is 0 Å². The highest BCUT2D eigenvalue weighted by molar-refractivity contribution is 5.87. The third-order valence-electron chi connectivity index (χ3n) is 2.30. The standard InChI is InChI=1S/C11H16N4O4/c1-7(16)13-5-10(17)15-9(11(18)19-2)3-8-4-12-6-14-8/h4,6,9H,3,5H2,1-2H3,(H,12,14)(H,13,16)(H,15,17)/t9-/m0/s1. The first-order valence-electron chi connectivity index (χ1n) is 5.61. The van der Waals surface area contributed by atoms with E-state index in [1.165, 1.54) is 20.4 Å². The average molecular weight is 268 g/mol. The number of carbonyl (C=O) groups is 3. The summed E-state index contributed by atoms with van der Waals surface area (Å²) in [6.45, 7) is 1.11. The van der Waals surface area contributed by atoms with Crippen LogP contribution < -0.4 is 10.6 Å². The Balaban J connectivity index is 2.57. The molecule has 1 rings (SSSR count). The highest BCUT2D eigenvalue weighted by Crippen LogP contribution is 2.00. The van der Waals surface area contributed by atoms with Crippen LogP contribution in [0.3, 0.4) is 0 Å². The van der Waals surface area contributed by atoms with E-state index in [4.69, 9.17) is 0 Å². The van der Waals surface area contributed by atoms with Gasteiger partial charge in [-0.25, -0.2) is 9.78 Å². The summed E-state index contributed by atoms with van der Waals surface area (Å²) < 4.78 is 4.61. The number of rotatable bonds is 6. The Hall–Kier alpha value is -2.38. The van der Waals surface area contributed by atoms with E-state index in [9.17, 15) is 14.4 Å². The molecule has 2 amide bonds. The molecule has 0 unspecified atom stereocenters. The average Bonchev–Trinajstić information content (AvgIpc) is 2.87. The summed E-state index contributed by atoms with van der Waals surface area (Å²) >= 11 is 0. The third kappa shape index (κ3) is 5.19. The summed E-state index contributed by atoms with van der Waals surface area (Å²) in [7, 11) is 1.24. The van der Waals surface area contributed by atoms with E-state index in [0.29, 0.717) is 5.69 Å². The number of aromatic amines is 1. The Labute approximate surface area is 109 Å². The number of aromatic nitrogens is 2. The number of imidazole rings is 1. The molecule has 0 radical (unpaired) electrons. The van der Waals surface area contributed by atoms with Gasteiger partial charge in [0.05, 0.1) is 20.0 Å². The van der Waals surface area contributed by atoms with Gasteiger partial charge >= 0.3 is 5.97 Å². The number of nitrogens with one attached hydrogen (secondary N) is 3. The van der Waals surface area contributed by atoms with Crippen LogP contribution in [0, 0.1) is 0 Å². The topological polar surface area (TPSA) is 113 Å². The summed E-state index contributed by atoms with van der Waals surface area (Å²) in [6.07, 6.45) is 3.26. The van der Waals surface area contributed by atoms with Gasteiger partial charge in [0.2, 0.25) is 11.8 Å². The van der Waals surface area contributed by atoms with Crippen LogP contribution in [0.25, 0.3) is 0 Å². The molecule has 8 nitrogen and oxygen atoms in total. The SMILES string of the molecule is COC(=O)[C@H](Cc1cnc[nH]1)NC(=O)CNC(C)=O. The van der Waals surface area contributed by atoms with Crippen molar-refractivity contribution in [2.75, 3.05) is 13.7 Å². The van der Waals surface area contributed by atoms with E-state index in [1.807, 2.05) is 0 Å². The van der Waals surface area contributed by atoms with Crippen molar-refractivity contribution in [2.45, 2.75) is 19.4 Å². The minimum atomic E-state index is -0.827. The number of hydrogen-bond donors (Lipinski definition) is 3. The first-order valence-corrected chi connectivity index (χ1v) is 5.61. The van der Waals surface area contributed by atoms with Crippen LogP contribution in [0.15, 0.2) is 12.5 Å². The molecule has 0 saturated heterocycles. The largest absolute Gasteiger partial charge is 0.467 e. The van der Waals surface area contributed by atoms with Crippen LogP contribution in [0.2, 0.25) is 0 Å². The van der Waals surface area contributed by atoms with E-state index in [-0.39, 0.29) is 18.9 Å². The molecule has 104 valence electrons. The van der Waals surface area contributed by atoms with Crippen LogP contribution in [-0.2, 0) is 25.5 Å². The van der Waals surface area contributed by atoms with E-state index in [2.05, 4.69) is 25.3 Å². The molecular formula is C11H16N4O4. The Morgan fingerprint density at radius 1 is 1.47 bits per heavy atom. The fourth-order valence-corrected chi connectivity index (χ4v) is 1.40. The maximum absolute atomic E-state index is 11.6. The summed E-state index contributed by atoms with van der Waals surface area (Å²) in [5.74, 6) is -1.35. The third-order valence-corrected chi connectivity index (χ3v) is 2.30. The van der Waals surface area contributed by atoms with Crippen molar-refractivity contribution < 1.29 is 19.1 Å². The molecule has 8 heteroatoms. The van der Waals surface area contributed by atoms with Crippen LogP contribution in [0.4, 0.5) is 0 Å². The Kier molecular flexibility index (Phi) is 5.52. The maximum atomic E-state index is 11.6. The van der Waals surface area contributed by atoms with Crippen LogP contribution in [0.5, 0.6) is 0 Å². The van der Waals surface area contributed by atoms with Crippen molar-refractivity contribution in [3.8, 4) is 0 Å². The molecule has 0 aliphatic carbocycles. The summed E-state index contributed by atoms with van der Waals surface area (Å²) in [4.78, 5) is 40.4. The molecule has 19 heavy (non-hydrogen) atoms. The Bertz CT molecular complexity index is 444. The van der Waals surface area contributed by atoms with Crippen LogP contribution in [-0.4, -0.2) is 47.4 Å². The highest BCUT2D eigenvalue weighted by atomic mass is 16.5. The fourth-order valence-electron chi connectivity index (χ4n) is 1.40. The van der Waals surface area contributed by atoms with Crippen molar-refractivity contribution >= 4 is 17.8 Å². The van der Waals surface area contributed by atoms with Gasteiger partial charge < -0.3 is 20.4 Å². The number of H-pyrrole nitrogens is 1. The van der Waals surface area contributed by atoms with Gasteiger partial charge in [-0.3, -0.25) is 9.59 Å². The second kappa shape index (κ2) is 7.14. The van der Waals surface area contributed by atoms with Crippen LogP contribution >= 0.6 is 0 Å². The van der Waals surface area contributed by atoms with E-state index in [1.54, 1.807) is 6.20 Å². The first-order chi connectivity index (χ1) is 9.02. The zero-order valence-electron chi connectivity index (χ0n) is 10.7. The minimum absolute atomic E-state index is 0.189. The zero-order chi connectivity index (χ0) is 14.3. The fraction of sp³-hybridized carbons (Fsp3) is 0.455. The molecule has 1 atom stereocenters. The van der Waals surface area contributed by atoms with Gasteiger partial charge in [0.1, 0.15) is 6.04 Å². The molecule has 1 aromatic rings. The second-order valence-electron chi connectivity index (χ2n) is 3.83. The molecule has 1 heterocycles. The number of carbonyl (C=O) groups excluding carboxylic acids is 3. The normalized spacial score (nSPS) is 11.5. The monoisotopic (exact) mass is 268 g/mol. The first kappa shape index (κ1) is 14.7. The molecular weight excluding hydrogens is 252 g/mol. The lowest BCUT2D eigenvalue weighted by atomic mass is 10.1. The Morgan fingerprint density at radius 3 is 2.74 bits per heavy atom. The van der Waals surface area contributed by atoms with Gasteiger partial charge in [0.15, 0.2) is 0 Å². The zero-order valence-corrected chi connectivity index (χ0v) is 10.7. The summed E-state index contributed by atoms with van der Waals surface area (Å²) in [5, 5.41) is 4.83. The number of nitrogens with zero attached hydrogens (tertiary/aromatic N) is 1. The number of hydrogen-bond acceptors (Lipinski definition) is 5. The molecule has 1 aromatic heterocycles. The number of ether oxygens (including phenoxy) is 1. The van der Waals surface area contributed by atoms with E-state index < -0.39 is 17.9 Å². The molecule has 0 aliphatic heterocycles. The van der Waals surface area contributed by atoms with E-state index >= 15 is 0 Å². The molecule has 0 aliphatic rings. The lowest BCUT2D eigenvalue weighted by molar-refractivity contribution is -0.145. The van der Waals surface area contributed by atoms with Gasteiger partial charge in [-0.15, -0.1) is 0 Å². The van der Waals surface area contributed by atoms with Gasteiger partial charge in [-0.1, -0.05) is 0 Å². The lowest BCUT2D eigenvalue weighted by Crippen LogP contribution is -2.46. The molecule has 0 spiro atoms. The van der Waals surface area contributed by atoms with Gasteiger partial charge in [0.25, 0.3) is 0 Å². The second-order valence-corrected chi connectivity index (χ2v) is 3.83. The van der Waals surface area contributed by atoms with Crippen molar-refractivity contribution in [3.05, 3.63) is 18.2 Å². The number of esters is 1. The maximum Gasteiger partial charge on any atom is 0.328 e. The van der Waals surface area contributed by atoms with Crippen molar-refractivity contribution in [1.82, 2.24) is 20.6 Å². The molecule has 0 fully saturated rings. The lowest BCUT2D eigenvalue weighted by Gasteiger charge is -2.15. The van der Waals surface area contributed by atoms with E-state index in [0.717, 1.165) is 0 Å². The van der Waals surface area contributed by atoms with Gasteiger partial charge in [-0.05, 0) is 0 Å². The predicted octanol–water partition coefficient (Wildman–Crippen LogP) is -1.25. The molecule has 0 saturated carbocycles. The van der Waals surface area contributed by atoms with Gasteiger partial charge in [-0.2, -0.15) is 0 Å². The predicted molar refractivity (Wildman–Crippen MR) is 64.9 cm³/mol. The summed E-state index contributed by atoms with van der Waals surface area (Å²) in [6, 6.07) is -0.827. The molecule has 3 N–H and O–H groups in total. The number of methoxy groups -OCH3 is 1. The minimum Gasteiger partial charge on any atom is -0.467 e. The van der Waals surface area contributed by atoms with Crippen molar-refractivity contribution in [3.63, 3.8) is 0 Å². The quantitative estimate of drug-likeness (QED) is 0.558. The molecule has 0 bridgehead atoms. The van der Waals surface area contributed by atoms with Crippen molar-refractivity contribution in [2.24, 2.45) is 0 Å². The summed E-state index contributed by atoms with van der Waals surface area (Å²) in [5.41, 5.74) is 0.690. The smallest absolute Gasteiger partial charge is 0.328 e. The Morgan fingerprint density at radius 2 is 2.21 bits per heavy atom.